The van der Waals surface area contributed by atoms with Gasteiger partial charge in [-0.05, 0) is 30.7 Å². The van der Waals surface area contributed by atoms with E-state index in [9.17, 15) is 8.78 Å². The van der Waals surface area contributed by atoms with Crippen LogP contribution in [-0.4, -0.2) is 35.7 Å². The van der Waals surface area contributed by atoms with Crippen molar-refractivity contribution < 1.29 is 18.6 Å². The number of aliphatic hydroxyl groups excluding tert-OH is 1. The lowest BCUT2D eigenvalue weighted by Crippen LogP contribution is -2.54. The topological polar surface area (TPSA) is 32.7 Å². The van der Waals surface area contributed by atoms with Crippen LogP contribution in [0.25, 0.3) is 0 Å². The number of hydrogen-bond donors (Lipinski definition) is 1. The second kappa shape index (κ2) is 6.30. The number of ether oxygens (including phenoxy) is 1. The first-order valence-electron chi connectivity index (χ1n) is 6.61. The highest BCUT2D eigenvalue weighted by Gasteiger charge is 2.29. The number of likely N-dealkylation sites (tertiary alicyclic amines) is 1. The van der Waals surface area contributed by atoms with Crippen LogP contribution in [0.1, 0.15) is 25.3 Å². The molecule has 0 radical (unpaired) electrons. The highest BCUT2D eigenvalue weighted by Crippen LogP contribution is 2.26. The summed E-state index contributed by atoms with van der Waals surface area (Å²) in [5, 5.41) is 8.85. The van der Waals surface area contributed by atoms with Crippen molar-refractivity contribution in [2.75, 3.05) is 19.6 Å². The molecule has 1 fully saturated rings. The first-order chi connectivity index (χ1) is 9.13. The zero-order valence-electron chi connectivity index (χ0n) is 11.0. The summed E-state index contributed by atoms with van der Waals surface area (Å²) < 4.78 is 32.6. The molecule has 1 N–H and O–H groups in total. The predicted octanol–water partition coefficient (Wildman–Crippen LogP) is 2.32. The van der Waals surface area contributed by atoms with Crippen molar-refractivity contribution in [2.45, 2.75) is 32.5 Å². The predicted molar refractivity (Wildman–Crippen MR) is 68.0 cm³/mol. The molecule has 0 aliphatic carbocycles. The molecule has 0 unspecified atom stereocenters. The molecule has 106 valence electrons. The molecule has 19 heavy (non-hydrogen) atoms. The molecule has 0 amide bonds. The maximum atomic E-state index is 13.6. The Morgan fingerprint density at radius 2 is 1.95 bits per heavy atom. The van der Waals surface area contributed by atoms with Crippen LogP contribution in [0.15, 0.2) is 12.1 Å². The Morgan fingerprint density at radius 3 is 2.47 bits per heavy atom. The van der Waals surface area contributed by atoms with Crippen LogP contribution in [0.4, 0.5) is 8.78 Å². The average Bonchev–Trinajstić information content (AvgIpc) is 2.34. The Hall–Kier alpha value is -1.20. The number of unbranched alkanes of at least 4 members (excludes halogenated alkanes) is 1. The maximum Gasteiger partial charge on any atom is 0.191 e. The monoisotopic (exact) mass is 271 g/mol. The van der Waals surface area contributed by atoms with Crippen molar-refractivity contribution >= 4 is 0 Å². The SMILES string of the molecule is CCCCN1CC(Oc2c(F)cc(CO)cc2F)C1. The molecule has 2 rings (SSSR count). The Labute approximate surface area is 111 Å². The molecule has 0 saturated carbocycles. The number of nitrogens with zero attached hydrogens (tertiary/aromatic N) is 1. The van der Waals surface area contributed by atoms with Gasteiger partial charge >= 0.3 is 0 Å². The number of rotatable bonds is 6. The summed E-state index contributed by atoms with van der Waals surface area (Å²) >= 11 is 0. The fourth-order valence-corrected chi connectivity index (χ4v) is 2.14. The lowest BCUT2D eigenvalue weighted by atomic mass is 10.1. The second-order valence-corrected chi connectivity index (χ2v) is 4.90. The molecular formula is C14H19F2NO2. The van der Waals surface area contributed by atoms with E-state index in [-0.39, 0.29) is 24.0 Å². The summed E-state index contributed by atoms with van der Waals surface area (Å²) in [7, 11) is 0. The second-order valence-electron chi connectivity index (χ2n) is 4.90. The maximum absolute atomic E-state index is 13.6. The molecule has 1 saturated heterocycles. The molecule has 0 bridgehead atoms. The van der Waals surface area contributed by atoms with E-state index in [4.69, 9.17) is 9.84 Å². The number of benzene rings is 1. The van der Waals surface area contributed by atoms with Crippen LogP contribution >= 0.6 is 0 Å². The van der Waals surface area contributed by atoms with Gasteiger partial charge in [0, 0.05) is 13.1 Å². The van der Waals surface area contributed by atoms with Crippen molar-refractivity contribution in [3.05, 3.63) is 29.3 Å². The highest BCUT2D eigenvalue weighted by atomic mass is 19.1. The molecule has 1 aliphatic heterocycles. The van der Waals surface area contributed by atoms with Gasteiger partial charge in [-0.15, -0.1) is 0 Å². The molecule has 1 aromatic rings. The van der Waals surface area contributed by atoms with E-state index in [1.165, 1.54) is 0 Å². The van der Waals surface area contributed by atoms with E-state index in [1.54, 1.807) is 0 Å². The molecule has 1 heterocycles. The standard InChI is InChI=1S/C14H19F2NO2/c1-2-3-4-17-7-11(8-17)19-14-12(15)5-10(9-18)6-13(14)16/h5-6,11,18H,2-4,7-9H2,1H3. The molecular weight excluding hydrogens is 252 g/mol. The largest absolute Gasteiger partial charge is 0.482 e. The van der Waals surface area contributed by atoms with Gasteiger partial charge in [0.25, 0.3) is 0 Å². The van der Waals surface area contributed by atoms with Crippen molar-refractivity contribution in [1.29, 1.82) is 0 Å². The number of aliphatic hydroxyl groups is 1. The third-order valence-electron chi connectivity index (χ3n) is 3.28. The highest BCUT2D eigenvalue weighted by molar-refractivity contribution is 5.31. The van der Waals surface area contributed by atoms with Crippen LogP contribution in [0.2, 0.25) is 0 Å². The molecule has 0 atom stereocenters. The normalized spacial score (nSPS) is 16.4. The summed E-state index contributed by atoms with van der Waals surface area (Å²) in [5.41, 5.74) is 0.209. The smallest absolute Gasteiger partial charge is 0.191 e. The van der Waals surface area contributed by atoms with Crippen molar-refractivity contribution in [3.63, 3.8) is 0 Å². The lowest BCUT2D eigenvalue weighted by molar-refractivity contribution is 0.0145. The van der Waals surface area contributed by atoms with Gasteiger partial charge in [-0.3, -0.25) is 4.90 Å². The molecule has 0 aromatic heterocycles. The van der Waals surface area contributed by atoms with Crippen LogP contribution in [-0.2, 0) is 6.61 Å². The third kappa shape index (κ3) is 3.42. The van der Waals surface area contributed by atoms with E-state index in [2.05, 4.69) is 11.8 Å². The summed E-state index contributed by atoms with van der Waals surface area (Å²) in [6.07, 6.45) is 2.11. The van der Waals surface area contributed by atoms with Gasteiger partial charge in [0.2, 0.25) is 0 Å². The quantitative estimate of drug-likeness (QED) is 0.862. The van der Waals surface area contributed by atoms with E-state index in [1.807, 2.05) is 0 Å². The molecule has 1 aliphatic rings. The zero-order chi connectivity index (χ0) is 13.8. The van der Waals surface area contributed by atoms with E-state index >= 15 is 0 Å². The van der Waals surface area contributed by atoms with Crippen molar-refractivity contribution in [3.8, 4) is 5.75 Å². The van der Waals surface area contributed by atoms with E-state index in [0.717, 1.165) is 31.5 Å². The Kier molecular flexibility index (Phi) is 4.71. The molecule has 3 nitrogen and oxygen atoms in total. The van der Waals surface area contributed by atoms with Gasteiger partial charge in [-0.25, -0.2) is 8.78 Å². The van der Waals surface area contributed by atoms with Gasteiger partial charge in [0.15, 0.2) is 17.4 Å². The Bertz CT molecular complexity index is 410. The van der Waals surface area contributed by atoms with Crippen LogP contribution in [0.3, 0.4) is 0 Å². The fourth-order valence-electron chi connectivity index (χ4n) is 2.14. The number of halogens is 2. The van der Waals surface area contributed by atoms with Crippen LogP contribution in [0, 0.1) is 11.6 Å². The van der Waals surface area contributed by atoms with Gasteiger partial charge < -0.3 is 9.84 Å². The van der Waals surface area contributed by atoms with Crippen molar-refractivity contribution in [2.24, 2.45) is 0 Å². The van der Waals surface area contributed by atoms with E-state index < -0.39 is 11.6 Å². The van der Waals surface area contributed by atoms with Gasteiger partial charge in [0.1, 0.15) is 6.10 Å². The minimum atomic E-state index is -0.754. The summed E-state index contributed by atoms with van der Waals surface area (Å²) in [4.78, 5) is 2.20. The Morgan fingerprint density at radius 1 is 1.32 bits per heavy atom. The number of hydrogen-bond acceptors (Lipinski definition) is 3. The lowest BCUT2D eigenvalue weighted by Gasteiger charge is -2.39. The zero-order valence-corrected chi connectivity index (χ0v) is 11.0. The first-order valence-corrected chi connectivity index (χ1v) is 6.61. The summed E-state index contributed by atoms with van der Waals surface area (Å²) in [5.74, 6) is -1.84. The van der Waals surface area contributed by atoms with Gasteiger partial charge in [-0.2, -0.15) is 0 Å². The fraction of sp³-hybridized carbons (Fsp3) is 0.571. The van der Waals surface area contributed by atoms with E-state index in [0.29, 0.717) is 13.1 Å². The van der Waals surface area contributed by atoms with Gasteiger partial charge in [-0.1, -0.05) is 13.3 Å². The van der Waals surface area contributed by atoms with Gasteiger partial charge in [0.05, 0.1) is 6.61 Å². The van der Waals surface area contributed by atoms with Crippen molar-refractivity contribution in [1.82, 2.24) is 4.90 Å². The minimum Gasteiger partial charge on any atom is -0.482 e. The third-order valence-corrected chi connectivity index (χ3v) is 3.28. The van der Waals surface area contributed by atoms with Crippen LogP contribution in [0.5, 0.6) is 5.75 Å². The summed E-state index contributed by atoms with van der Waals surface area (Å²) in [6, 6.07) is 2.21. The molecule has 1 aromatic carbocycles. The minimum absolute atomic E-state index is 0.152. The molecule has 5 heteroatoms. The first kappa shape index (κ1) is 14.2. The average molecular weight is 271 g/mol. The molecule has 0 spiro atoms. The summed E-state index contributed by atoms with van der Waals surface area (Å²) in [6.45, 7) is 4.16. The Balaban J connectivity index is 1.91. The van der Waals surface area contributed by atoms with Crippen LogP contribution < -0.4 is 4.74 Å².